The van der Waals surface area contributed by atoms with Crippen LogP contribution in [0.2, 0.25) is 0 Å². The summed E-state index contributed by atoms with van der Waals surface area (Å²) in [6, 6.07) is 7.86. The van der Waals surface area contributed by atoms with Gasteiger partial charge in [-0.15, -0.1) is 0 Å². The zero-order chi connectivity index (χ0) is 12.5. The van der Waals surface area contributed by atoms with E-state index in [2.05, 4.69) is 28.2 Å². The van der Waals surface area contributed by atoms with Crippen LogP contribution < -0.4 is 5.32 Å². The number of ether oxygens (including phenoxy) is 1. The summed E-state index contributed by atoms with van der Waals surface area (Å²) in [5.41, 5.74) is 1.00. The molecule has 3 nitrogen and oxygen atoms in total. The molecule has 0 aliphatic carbocycles. The number of benzene rings is 1. The van der Waals surface area contributed by atoms with Crippen LogP contribution in [-0.2, 0) is 4.74 Å². The Kier molecular flexibility index (Phi) is 7.24. The highest BCUT2D eigenvalue weighted by Gasteiger charge is 2.03. The SMILES string of the molecule is CCCCOCC(O)CNc1ccc(Br)cc1. The Morgan fingerprint density at radius 3 is 2.71 bits per heavy atom. The van der Waals surface area contributed by atoms with Crippen LogP contribution in [0.25, 0.3) is 0 Å². The number of halogens is 1. The molecule has 1 unspecified atom stereocenters. The van der Waals surface area contributed by atoms with Gasteiger partial charge in [-0.3, -0.25) is 0 Å². The van der Waals surface area contributed by atoms with E-state index in [4.69, 9.17) is 4.74 Å². The lowest BCUT2D eigenvalue weighted by atomic mass is 10.3. The van der Waals surface area contributed by atoms with E-state index in [1.807, 2.05) is 24.3 Å². The van der Waals surface area contributed by atoms with E-state index in [1.54, 1.807) is 0 Å². The predicted molar refractivity (Wildman–Crippen MR) is 74.4 cm³/mol. The van der Waals surface area contributed by atoms with Gasteiger partial charge in [0, 0.05) is 23.3 Å². The van der Waals surface area contributed by atoms with Crippen molar-refractivity contribution < 1.29 is 9.84 Å². The molecule has 96 valence electrons. The molecule has 0 bridgehead atoms. The second-order valence-electron chi connectivity index (χ2n) is 3.97. The molecule has 17 heavy (non-hydrogen) atoms. The molecule has 0 fully saturated rings. The second kappa shape index (κ2) is 8.50. The van der Waals surface area contributed by atoms with Crippen molar-refractivity contribution in [3.05, 3.63) is 28.7 Å². The number of unbranched alkanes of at least 4 members (excludes halogenated alkanes) is 1. The van der Waals surface area contributed by atoms with E-state index in [1.165, 1.54) is 0 Å². The lowest BCUT2D eigenvalue weighted by Gasteiger charge is -2.13. The van der Waals surface area contributed by atoms with Crippen LogP contribution in [0.5, 0.6) is 0 Å². The van der Waals surface area contributed by atoms with E-state index in [0.717, 1.165) is 29.6 Å². The van der Waals surface area contributed by atoms with Crippen molar-refractivity contribution in [2.24, 2.45) is 0 Å². The largest absolute Gasteiger partial charge is 0.389 e. The number of hydrogen-bond acceptors (Lipinski definition) is 3. The van der Waals surface area contributed by atoms with Gasteiger partial charge in [-0.2, -0.15) is 0 Å². The van der Waals surface area contributed by atoms with Gasteiger partial charge in [0.1, 0.15) is 0 Å². The number of anilines is 1. The normalized spacial score (nSPS) is 12.4. The monoisotopic (exact) mass is 301 g/mol. The smallest absolute Gasteiger partial charge is 0.0945 e. The Labute approximate surface area is 111 Å². The summed E-state index contributed by atoms with van der Waals surface area (Å²) < 4.78 is 6.39. The number of rotatable bonds is 8. The Balaban J connectivity index is 2.14. The maximum absolute atomic E-state index is 9.67. The fourth-order valence-electron chi connectivity index (χ4n) is 1.33. The van der Waals surface area contributed by atoms with Crippen LogP contribution in [0.1, 0.15) is 19.8 Å². The van der Waals surface area contributed by atoms with E-state index in [9.17, 15) is 5.11 Å². The molecule has 0 saturated heterocycles. The summed E-state index contributed by atoms with van der Waals surface area (Å²) in [6.45, 7) is 3.75. The quantitative estimate of drug-likeness (QED) is 0.725. The first kappa shape index (κ1) is 14.5. The standard InChI is InChI=1S/C13H20BrNO2/c1-2-3-8-17-10-13(16)9-15-12-6-4-11(14)5-7-12/h4-7,13,15-16H,2-3,8-10H2,1H3. The highest BCUT2D eigenvalue weighted by molar-refractivity contribution is 9.10. The first-order valence-corrected chi connectivity index (χ1v) is 6.77. The average Bonchev–Trinajstić information content (AvgIpc) is 2.34. The van der Waals surface area contributed by atoms with E-state index >= 15 is 0 Å². The van der Waals surface area contributed by atoms with Gasteiger partial charge in [0.25, 0.3) is 0 Å². The summed E-state index contributed by atoms with van der Waals surface area (Å²) in [6.07, 6.45) is 1.70. The Morgan fingerprint density at radius 1 is 1.35 bits per heavy atom. The van der Waals surface area contributed by atoms with Crippen LogP contribution in [0.3, 0.4) is 0 Å². The van der Waals surface area contributed by atoms with Gasteiger partial charge in [0.15, 0.2) is 0 Å². The molecule has 2 N–H and O–H groups in total. The highest BCUT2D eigenvalue weighted by Crippen LogP contribution is 2.13. The second-order valence-corrected chi connectivity index (χ2v) is 4.89. The van der Waals surface area contributed by atoms with Gasteiger partial charge < -0.3 is 15.2 Å². The number of nitrogens with one attached hydrogen (secondary N) is 1. The van der Waals surface area contributed by atoms with Crippen LogP contribution in [0, 0.1) is 0 Å². The van der Waals surface area contributed by atoms with Crippen LogP contribution in [-0.4, -0.2) is 31.0 Å². The number of aliphatic hydroxyl groups excluding tert-OH is 1. The molecule has 0 amide bonds. The summed E-state index contributed by atoms with van der Waals surface area (Å²) in [7, 11) is 0. The lowest BCUT2D eigenvalue weighted by Crippen LogP contribution is -2.25. The fourth-order valence-corrected chi connectivity index (χ4v) is 1.59. The maximum Gasteiger partial charge on any atom is 0.0945 e. The molecule has 1 aromatic rings. The third kappa shape index (κ3) is 6.66. The topological polar surface area (TPSA) is 41.5 Å². The molecule has 0 aromatic heterocycles. The maximum atomic E-state index is 9.67. The van der Waals surface area contributed by atoms with Crippen LogP contribution >= 0.6 is 15.9 Å². The fraction of sp³-hybridized carbons (Fsp3) is 0.538. The van der Waals surface area contributed by atoms with Crippen molar-refractivity contribution in [2.45, 2.75) is 25.9 Å². The molecular formula is C13H20BrNO2. The van der Waals surface area contributed by atoms with Crippen molar-refractivity contribution in [3.8, 4) is 0 Å². The Morgan fingerprint density at radius 2 is 2.06 bits per heavy atom. The van der Waals surface area contributed by atoms with Crippen LogP contribution in [0.4, 0.5) is 5.69 Å². The number of aliphatic hydroxyl groups is 1. The molecule has 1 rings (SSSR count). The summed E-state index contributed by atoms with van der Waals surface area (Å²) in [5.74, 6) is 0. The van der Waals surface area contributed by atoms with Gasteiger partial charge in [-0.05, 0) is 30.7 Å². The molecule has 0 heterocycles. The third-order valence-electron chi connectivity index (χ3n) is 2.34. The molecule has 1 atom stereocenters. The number of hydrogen-bond donors (Lipinski definition) is 2. The minimum atomic E-state index is -0.462. The molecule has 4 heteroatoms. The average molecular weight is 302 g/mol. The minimum Gasteiger partial charge on any atom is -0.389 e. The lowest BCUT2D eigenvalue weighted by molar-refractivity contribution is 0.0422. The summed E-state index contributed by atoms with van der Waals surface area (Å²) >= 11 is 3.38. The van der Waals surface area contributed by atoms with Gasteiger partial charge in [-0.1, -0.05) is 29.3 Å². The Bertz CT molecular complexity index is 303. The van der Waals surface area contributed by atoms with Crippen molar-refractivity contribution in [1.82, 2.24) is 0 Å². The van der Waals surface area contributed by atoms with Crippen molar-refractivity contribution >= 4 is 21.6 Å². The van der Waals surface area contributed by atoms with Gasteiger partial charge in [0.05, 0.1) is 12.7 Å². The van der Waals surface area contributed by atoms with Gasteiger partial charge >= 0.3 is 0 Å². The molecule has 0 spiro atoms. The first-order valence-electron chi connectivity index (χ1n) is 5.97. The van der Waals surface area contributed by atoms with E-state index in [-0.39, 0.29) is 0 Å². The zero-order valence-electron chi connectivity index (χ0n) is 10.2. The Hall–Kier alpha value is -0.580. The molecule has 0 radical (unpaired) electrons. The van der Waals surface area contributed by atoms with Crippen molar-refractivity contribution in [3.63, 3.8) is 0 Å². The predicted octanol–water partition coefficient (Wildman–Crippen LogP) is 3.04. The van der Waals surface area contributed by atoms with Crippen molar-refractivity contribution in [1.29, 1.82) is 0 Å². The van der Waals surface area contributed by atoms with E-state index < -0.39 is 6.10 Å². The summed E-state index contributed by atoms with van der Waals surface area (Å²) in [5, 5.41) is 12.8. The van der Waals surface area contributed by atoms with E-state index in [0.29, 0.717) is 13.2 Å². The molecule has 1 aromatic carbocycles. The van der Waals surface area contributed by atoms with Crippen molar-refractivity contribution in [2.75, 3.05) is 25.1 Å². The first-order chi connectivity index (χ1) is 8.22. The minimum absolute atomic E-state index is 0.392. The highest BCUT2D eigenvalue weighted by atomic mass is 79.9. The molecule has 0 saturated carbocycles. The third-order valence-corrected chi connectivity index (χ3v) is 2.87. The van der Waals surface area contributed by atoms with Gasteiger partial charge in [0.2, 0.25) is 0 Å². The summed E-state index contributed by atoms with van der Waals surface area (Å²) in [4.78, 5) is 0. The molecule has 0 aliphatic rings. The van der Waals surface area contributed by atoms with Crippen LogP contribution in [0.15, 0.2) is 28.7 Å². The molecular weight excluding hydrogens is 282 g/mol. The zero-order valence-corrected chi connectivity index (χ0v) is 11.7. The molecule has 0 aliphatic heterocycles. The van der Waals surface area contributed by atoms with Gasteiger partial charge in [-0.25, -0.2) is 0 Å².